The molecule has 0 spiro atoms. The van der Waals surface area contributed by atoms with E-state index < -0.39 is 0 Å². The molecule has 0 radical (unpaired) electrons. The third-order valence-corrected chi connectivity index (χ3v) is 3.91. The molecule has 0 fully saturated rings. The lowest BCUT2D eigenvalue weighted by Gasteiger charge is -2.11. The largest absolute Gasteiger partial charge is 0.309 e. The Kier molecular flexibility index (Phi) is 5.00. The molecule has 0 saturated heterocycles. The zero-order valence-electron chi connectivity index (χ0n) is 11.7. The number of aromatic nitrogens is 1. The Bertz CT molecular complexity index is 523. The minimum Gasteiger partial charge on any atom is -0.309 e. The number of aryl methyl sites for hydroxylation is 1. The minimum atomic E-state index is 0.308. The number of nitrogens with one attached hydrogen (secondary N) is 1. The average Bonchev–Trinajstić information content (AvgIpc) is 2.40. The molecule has 1 aromatic carbocycles. The SMILES string of the molecule is CCNC(C)c1ccc(Sc2cccc(C)c2)cn1. The van der Waals surface area contributed by atoms with Crippen molar-refractivity contribution in [2.75, 3.05) is 6.54 Å². The fourth-order valence-electron chi connectivity index (χ4n) is 1.93. The first-order valence-electron chi connectivity index (χ1n) is 6.63. The average molecular weight is 272 g/mol. The van der Waals surface area contributed by atoms with Crippen molar-refractivity contribution in [2.24, 2.45) is 0 Å². The molecule has 2 aromatic rings. The summed E-state index contributed by atoms with van der Waals surface area (Å²) in [5.74, 6) is 0. The van der Waals surface area contributed by atoms with Gasteiger partial charge < -0.3 is 5.32 Å². The highest BCUT2D eigenvalue weighted by Crippen LogP contribution is 2.28. The second kappa shape index (κ2) is 6.73. The van der Waals surface area contributed by atoms with Crippen LogP contribution in [0.25, 0.3) is 0 Å². The topological polar surface area (TPSA) is 24.9 Å². The van der Waals surface area contributed by atoms with Gasteiger partial charge in [-0.05, 0) is 44.7 Å². The van der Waals surface area contributed by atoms with Crippen LogP contribution in [0.1, 0.15) is 31.1 Å². The molecule has 2 rings (SSSR count). The Labute approximate surface area is 119 Å². The first-order chi connectivity index (χ1) is 9.19. The minimum absolute atomic E-state index is 0.308. The van der Waals surface area contributed by atoms with Crippen LogP contribution < -0.4 is 5.32 Å². The van der Waals surface area contributed by atoms with Crippen LogP contribution in [0.5, 0.6) is 0 Å². The van der Waals surface area contributed by atoms with E-state index in [-0.39, 0.29) is 0 Å². The van der Waals surface area contributed by atoms with Crippen molar-refractivity contribution in [3.8, 4) is 0 Å². The maximum absolute atomic E-state index is 4.53. The summed E-state index contributed by atoms with van der Waals surface area (Å²) in [6, 6.07) is 13.1. The van der Waals surface area contributed by atoms with Crippen LogP contribution in [0, 0.1) is 6.92 Å². The van der Waals surface area contributed by atoms with Crippen molar-refractivity contribution in [3.63, 3.8) is 0 Å². The Balaban J connectivity index is 2.06. The molecule has 1 atom stereocenters. The molecular weight excluding hydrogens is 252 g/mol. The van der Waals surface area contributed by atoms with E-state index in [2.05, 4.69) is 67.5 Å². The lowest BCUT2D eigenvalue weighted by atomic mass is 10.2. The van der Waals surface area contributed by atoms with Crippen molar-refractivity contribution in [1.29, 1.82) is 0 Å². The molecule has 0 aliphatic heterocycles. The van der Waals surface area contributed by atoms with Gasteiger partial charge in [0, 0.05) is 22.0 Å². The van der Waals surface area contributed by atoms with Gasteiger partial charge in [0.25, 0.3) is 0 Å². The molecule has 0 amide bonds. The van der Waals surface area contributed by atoms with Gasteiger partial charge in [0.2, 0.25) is 0 Å². The number of rotatable bonds is 5. The van der Waals surface area contributed by atoms with Gasteiger partial charge in [-0.15, -0.1) is 0 Å². The highest BCUT2D eigenvalue weighted by molar-refractivity contribution is 7.99. The number of nitrogens with zero attached hydrogens (tertiary/aromatic N) is 1. The Morgan fingerprint density at radius 3 is 2.68 bits per heavy atom. The third kappa shape index (κ3) is 4.08. The van der Waals surface area contributed by atoms with Crippen LogP contribution in [-0.4, -0.2) is 11.5 Å². The van der Waals surface area contributed by atoms with Crippen LogP contribution in [0.3, 0.4) is 0 Å². The molecule has 0 bridgehead atoms. The van der Waals surface area contributed by atoms with Gasteiger partial charge >= 0.3 is 0 Å². The second-order valence-corrected chi connectivity index (χ2v) is 5.76. The molecule has 1 N–H and O–H groups in total. The predicted octanol–water partition coefficient (Wildman–Crippen LogP) is 4.21. The van der Waals surface area contributed by atoms with E-state index in [1.54, 1.807) is 11.8 Å². The van der Waals surface area contributed by atoms with E-state index in [0.29, 0.717) is 6.04 Å². The van der Waals surface area contributed by atoms with Crippen LogP contribution in [0.2, 0.25) is 0 Å². The van der Waals surface area contributed by atoms with E-state index in [4.69, 9.17) is 0 Å². The van der Waals surface area contributed by atoms with Gasteiger partial charge in [-0.3, -0.25) is 4.98 Å². The van der Waals surface area contributed by atoms with Crippen molar-refractivity contribution in [2.45, 2.75) is 36.6 Å². The van der Waals surface area contributed by atoms with Crippen molar-refractivity contribution in [1.82, 2.24) is 10.3 Å². The lowest BCUT2D eigenvalue weighted by molar-refractivity contribution is 0.582. The zero-order valence-corrected chi connectivity index (χ0v) is 12.5. The van der Waals surface area contributed by atoms with Gasteiger partial charge in [0.15, 0.2) is 0 Å². The van der Waals surface area contributed by atoms with Crippen molar-refractivity contribution < 1.29 is 0 Å². The van der Waals surface area contributed by atoms with Crippen LogP contribution in [0.15, 0.2) is 52.4 Å². The number of hydrogen-bond acceptors (Lipinski definition) is 3. The van der Waals surface area contributed by atoms with Gasteiger partial charge in [0.05, 0.1) is 5.69 Å². The highest BCUT2D eigenvalue weighted by Gasteiger charge is 2.05. The van der Waals surface area contributed by atoms with Gasteiger partial charge in [0.1, 0.15) is 0 Å². The first kappa shape index (κ1) is 14.1. The Morgan fingerprint density at radius 2 is 2.05 bits per heavy atom. The predicted molar refractivity (Wildman–Crippen MR) is 81.6 cm³/mol. The smallest absolute Gasteiger partial charge is 0.0571 e. The highest BCUT2D eigenvalue weighted by atomic mass is 32.2. The Hall–Kier alpha value is -1.32. The van der Waals surface area contributed by atoms with E-state index in [9.17, 15) is 0 Å². The maximum atomic E-state index is 4.53. The molecule has 1 unspecified atom stereocenters. The molecule has 1 aromatic heterocycles. The fraction of sp³-hybridized carbons (Fsp3) is 0.312. The molecule has 0 aliphatic carbocycles. The summed E-state index contributed by atoms with van der Waals surface area (Å²) in [5.41, 5.74) is 2.38. The molecule has 3 heteroatoms. The summed E-state index contributed by atoms with van der Waals surface area (Å²) in [4.78, 5) is 6.97. The molecule has 0 aliphatic rings. The fourth-order valence-corrected chi connectivity index (χ4v) is 2.84. The van der Waals surface area contributed by atoms with Gasteiger partial charge in [-0.25, -0.2) is 0 Å². The molecule has 1 heterocycles. The maximum Gasteiger partial charge on any atom is 0.0571 e. The van der Waals surface area contributed by atoms with E-state index in [1.807, 2.05) is 6.20 Å². The zero-order chi connectivity index (χ0) is 13.7. The molecule has 2 nitrogen and oxygen atoms in total. The normalized spacial score (nSPS) is 12.4. The number of hydrogen-bond donors (Lipinski definition) is 1. The lowest BCUT2D eigenvalue weighted by Crippen LogP contribution is -2.18. The van der Waals surface area contributed by atoms with E-state index >= 15 is 0 Å². The van der Waals surface area contributed by atoms with Crippen molar-refractivity contribution >= 4 is 11.8 Å². The monoisotopic (exact) mass is 272 g/mol. The molecule has 0 saturated carbocycles. The summed E-state index contributed by atoms with van der Waals surface area (Å²) in [6.45, 7) is 7.32. The summed E-state index contributed by atoms with van der Waals surface area (Å²) in [6.07, 6.45) is 1.95. The standard InChI is InChI=1S/C16H20N2S/c1-4-17-13(3)16-9-8-15(11-18-16)19-14-7-5-6-12(2)10-14/h5-11,13,17H,4H2,1-3H3. The number of benzene rings is 1. The molecular formula is C16H20N2S. The number of pyridine rings is 1. The van der Waals surface area contributed by atoms with Crippen molar-refractivity contribution in [3.05, 3.63) is 53.9 Å². The van der Waals surface area contributed by atoms with Gasteiger partial charge in [-0.2, -0.15) is 0 Å². The summed E-state index contributed by atoms with van der Waals surface area (Å²) >= 11 is 1.75. The van der Waals surface area contributed by atoms with E-state index in [1.165, 1.54) is 15.4 Å². The Morgan fingerprint density at radius 1 is 1.21 bits per heavy atom. The van der Waals surface area contributed by atoms with Crippen LogP contribution >= 0.6 is 11.8 Å². The quantitative estimate of drug-likeness (QED) is 0.882. The van der Waals surface area contributed by atoms with Gasteiger partial charge in [-0.1, -0.05) is 36.4 Å². The summed E-state index contributed by atoms with van der Waals surface area (Å²) < 4.78 is 0. The van der Waals surface area contributed by atoms with Crippen LogP contribution in [-0.2, 0) is 0 Å². The summed E-state index contributed by atoms with van der Waals surface area (Å²) in [5, 5.41) is 3.37. The second-order valence-electron chi connectivity index (χ2n) is 4.62. The van der Waals surface area contributed by atoms with Crippen LogP contribution in [0.4, 0.5) is 0 Å². The molecule has 100 valence electrons. The van der Waals surface area contributed by atoms with E-state index in [0.717, 1.165) is 12.2 Å². The summed E-state index contributed by atoms with van der Waals surface area (Å²) in [7, 11) is 0. The third-order valence-electron chi connectivity index (χ3n) is 2.94. The first-order valence-corrected chi connectivity index (χ1v) is 7.44. The molecule has 19 heavy (non-hydrogen) atoms.